The number of aromatic nitrogens is 2. The Labute approximate surface area is 119 Å². The number of thioether (sulfide) groups is 1. The predicted molar refractivity (Wildman–Crippen MR) is 80.7 cm³/mol. The van der Waals surface area contributed by atoms with Gasteiger partial charge in [-0.1, -0.05) is 0 Å². The molecule has 0 saturated heterocycles. The summed E-state index contributed by atoms with van der Waals surface area (Å²) in [5.41, 5.74) is 4.51. The minimum Gasteiger partial charge on any atom is -0.383 e. The van der Waals surface area contributed by atoms with Crippen LogP contribution in [0.1, 0.15) is 11.3 Å². The Hall–Kier alpha value is -2.21. The van der Waals surface area contributed by atoms with Crippen molar-refractivity contribution in [1.29, 1.82) is 0 Å². The summed E-state index contributed by atoms with van der Waals surface area (Å²) in [5, 5.41) is 6.31. The summed E-state index contributed by atoms with van der Waals surface area (Å²) >= 11 is 1.79. The predicted octanol–water partition coefficient (Wildman–Crippen LogP) is 2.42. The number of carbonyl (C=O) groups excluding carboxylic acids is 1. The molecule has 0 bridgehead atoms. The van der Waals surface area contributed by atoms with E-state index in [9.17, 15) is 4.79 Å². The highest BCUT2D eigenvalue weighted by Crippen LogP contribution is 2.45. The van der Waals surface area contributed by atoms with Crippen LogP contribution < -0.4 is 10.6 Å². The minimum atomic E-state index is -0.0610. The van der Waals surface area contributed by atoms with Crippen molar-refractivity contribution in [2.24, 2.45) is 0 Å². The number of aromatic amines is 1. The second kappa shape index (κ2) is 4.42. The van der Waals surface area contributed by atoms with Crippen molar-refractivity contribution in [3.63, 3.8) is 0 Å². The van der Waals surface area contributed by atoms with E-state index in [1.54, 1.807) is 24.3 Å². The smallest absolute Gasteiger partial charge is 0.256 e. The number of amides is 1. The molecule has 4 rings (SSSR count). The average molecular weight is 284 g/mol. The van der Waals surface area contributed by atoms with Crippen LogP contribution in [-0.4, -0.2) is 28.2 Å². The number of hydrogen-bond acceptors (Lipinski definition) is 4. The van der Waals surface area contributed by atoms with E-state index in [2.05, 4.69) is 20.6 Å². The molecule has 2 aliphatic heterocycles. The number of fused-ring (bicyclic) bond motifs is 3. The van der Waals surface area contributed by atoms with Crippen molar-refractivity contribution in [3.05, 3.63) is 35.9 Å². The maximum absolute atomic E-state index is 12.2. The third kappa shape index (κ3) is 1.72. The van der Waals surface area contributed by atoms with Crippen LogP contribution in [0, 0.1) is 0 Å². The molecule has 1 aromatic carbocycles. The fraction of sp³-hybridized carbons (Fsp3) is 0.143. The van der Waals surface area contributed by atoms with Gasteiger partial charge in [0, 0.05) is 28.4 Å². The third-order valence-electron chi connectivity index (χ3n) is 3.40. The number of hydrogen-bond donors (Lipinski definition) is 3. The second-order valence-corrected chi connectivity index (χ2v) is 5.76. The van der Waals surface area contributed by atoms with Gasteiger partial charge in [-0.05, 0) is 18.2 Å². The van der Waals surface area contributed by atoms with Crippen molar-refractivity contribution in [2.45, 2.75) is 4.90 Å². The molecule has 2 aromatic rings. The van der Waals surface area contributed by atoms with E-state index in [-0.39, 0.29) is 5.91 Å². The van der Waals surface area contributed by atoms with Crippen molar-refractivity contribution in [3.8, 4) is 0 Å². The molecule has 0 saturated carbocycles. The van der Waals surface area contributed by atoms with Crippen LogP contribution in [0.15, 0.2) is 29.6 Å². The van der Waals surface area contributed by atoms with Crippen LogP contribution in [0.2, 0.25) is 0 Å². The molecule has 20 heavy (non-hydrogen) atoms. The molecule has 3 heterocycles. The molecule has 0 unspecified atom stereocenters. The summed E-state index contributed by atoms with van der Waals surface area (Å²) in [6.07, 6.45) is 5.17. The molecule has 0 aliphatic carbocycles. The number of anilines is 2. The van der Waals surface area contributed by atoms with Crippen LogP contribution in [0.3, 0.4) is 0 Å². The molecule has 5 nitrogen and oxygen atoms in total. The van der Waals surface area contributed by atoms with Crippen LogP contribution >= 0.6 is 11.8 Å². The quantitative estimate of drug-likeness (QED) is 0.703. The number of carbonyl (C=O) groups is 1. The monoisotopic (exact) mass is 284 g/mol. The Morgan fingerprint density at radius 2 is 2.20 bits per heavy atom. The van der Waals surface area contributed by atoms with Crippen LogP contribution in [0.4, 0.5) is 11.4 Å². The largest absolute Gasteiger partial charge is 0.383 e. The Balaban J connectivity index is 1.91. The molecule has 0 fully saturated rings. The first kappa shape index (κ1) is 11.6. The highest BCUT2D eigenvalue weighted by molar-refractivity contribution is 7.99. The Morgan fingerprint density at radius 3 is 3.05 bits per heavy atom. The van der Waals surface area contributed by atoms with Gasteiger partial charge >= 0.3 is 0 Å². The van der Waals surface area contributed by atoms with Crippen molar-refractivity contribution in [2.75, 3.05) is 22.9 Å². The average Bonchev–Trinajstić information content (AvgIpc) is 3.08. The van der Waals surface area contributed by atoms with Crippen molar-refractivity contribution >= 4 is 40.7 Å². The highest BCUT2D eigenvalue weighted by atomic mass is 32.2. The molecule has 1 aromatic heterocycles. The van der Waals surface area contributed by atoms with Gasteiger partial charge in [0.25, 0.3) is 5.91 Å². The number of nitrogens with one attached hydrogen (secondary N) is 3. The molecule has 1 amide bonds. The standard InChI is InChI=1S/C14H12N4OS/c19-14-9(5-8-6-15-7-17-8)12-10(18-14)1-2-11-13(12)20-4-3-16-11/h1-2,5-7,16H,3-4H2,(H,15,17)(H,18,19)/b9-5-. The Kier molecular flexibility index (Phi) is 2.56. The van der Waals surface area contributed by atoms with Gasteiger partial charge in [0.05, 0.1) is 29.5 Å². The Morgan fingerprint density at radius 1 is 1.30 bits per heavy atom. The minimum absolute atomic E-state index is 0.0610. The first-order valence-electron chi connectivity index (χ1n) is 6.38. The second-order valence-electron chi connectivity index (χ2n) is 4.66. The number of rotatable bonds is 1. The highest BCUT2D eigenvalue weighted by Gasteiger charge is 2.29. The van der Waals surface area contributed by atoms with Gasteiger partial charge in [-0.15, -0.1) is 11.8 Å². The van der Waals surface area contributed by atoms with E-state index in [4.69, 9.17) is 0 Å². The SMILES string of the molecule is O=C1Nc2ccc3c(c2/C1=C/c1cnc[nH]1)SCCN3. The molecule has 6 heteroatoms. The van der Waals surface area contributed by atoms with Crippen LogP contribution in [0.25, 0.3) is 11.6 Å². The summed E-state index contributed by atoms with van der Waals surface area (Å²) in [7, 11) is 0. The van der Waals surface area contributed by atoms with Crippen molar-refractivity contribution in [1.82, 2.24) is 9.97 Å². The number of nitrogens with zero attached hydrogens (tertiary/aromatic N) is 1. The van der Waals surface area contributed by atoms with E-state index in [1.807, 2.05) is 18.2 Å². The van der Waals surface area contributed by atoms with E-state index in [0.29, 0.717) is 5.57 Å². The first-order valence-corrected chi connectivity index (χ1v) is 7.37. The van der Waals surface area contributed by atoms with Crippen LogP contribution in [-0.2, 0) is 4.79 Å². The third-order valence-corrected chi connectivity index (χ3v) is 4.52. The maximum atomic E-state index is 12.2. The lowest BCUT2D eigenvalue weighted by molar-refractivity contribution is -0.110. The number of benzene rings is 1. The lowest BCUT2D eigenvalue weighted by Gasteiger charge is -2.20. The molecular weight excluding hydrogens is 272 g/mol. The zero-order chi connectivity index (χ0) is 13.5. The Bertz CT molecular complexity index is 721. The maximum Gasteiger partial charge on any atom is 0.256 e. The molecule has 0 atom stereocenters. The summed E-state index contributed by atoms with van der Waals surface area (Å²) in [4.78, 5) is 20.3. The van der Waals surface area contributed by atoms with Gasteiger partial charge in [0.2, 0.25) is 0 Å². The number of H-pyrrole nitrogens is 1. The summed E-state index contributed by atoms with van der Waals surface area (Å²) in [6, 6.07) is 3.98. The van der Waals surface area contributed by atoms with Gasteiger partial charge in [0.1, 0.15) is 0 Å². The van der Waals surface area contributed by atoms with Gasteiger partial charge < -0.3 is 15.6 Å². The van der Waals surface area contributed by atoms with E-state index in [1.165, 1.54) is 0 Å². The lowest BCUT2D eigenvalue weighted by atomic mass is 10.0. The van der Waals surface area contributed by atoms with Gasteiger partial charge in [0.15, 0.2) is 0 Å². The van der Waals surface area contributed by atoms with Gasteiger partial charge in [-0.2, -0.15) is 0 Å². The first-order chi connectivity index (χ1) is 9.83. The fourth-order valence-electron chi connectivity index (χ4n) is 2.52. The summed E-state index contributed by atoms with van der Waals surface area (Å²) in [6.45, 7) is 0.956. The van der Waals surface area contributed by atoms with Gasteiger partial charge in [-0.3, -0.25) is 4.79 Å². The molecule has 2 aliphatic rings. The zero-order valence-electron chi connectivity index (χ0n) is 10.6. The molecular formula is C14H12N4OS. The molecule has 0 spiro atoms. The molecule has 0 radical (unpaired) electrons. The molecule has 3 N–H and O–H groups in total. The van der Waals surface area contributed by atoms with E-state index in [0.717, 1.165) is 39.8 Å². The van der Waals surface area contributed by atoms with Crippen molar-refractivity contribution < 1.29 is 4.79 Å². The summed E-state index contributed by atoms with van der Waals surface area (Å²) < 4.78 is 0. The fourth-order valence-corrected chi connectivity index (χ4v) is 3.59. The van der Waals surface area contributed by atoms with E-state index >= 15 is 0 Å². The topological polar surface area (TPSA) is 69.8 Å². The van der Waals surface area contributed by atoms with Gasteiger partial charge in [-0.25, -0.2) is 4.98 Å². The summed E-state index contributed by atoms with van der Waals surface area (Å²) in [5.74, 6) is 0.948. The molecule has 100 valence electrons. The normalized spacial score (nSPS) is 18.4. The number of imidazole rings is 1. The lowest BCUT2D eigenvalue weighted by Crippen LogP contribution is -2.11. The van der Waals surface area contributed by atoms with E-state index < -0.39 is 0 Å². The zero-order valence-corrected chi connectivity index (χ0v) is 11.4. The van der Waals surface area contributed by atoms with Crippen LogP contribution in [0.5, 0.6) is 0 Å².